The van der Waals surface area contributed by atoms with Gasteiger partial charge >= 0.3 is 11.9 Å². The summed E-state index contributed by atoms with van der Waals surface area (Å²) in [6.07, 6.45) is 16.1. The van der Waals surface area contributed by atoms with Gasteiger partial charge in [-0.2, -0.15) is 0 Å². The number of ether oxygens (including phenoxy) is 2. The van der Waals surface area contributed by atoms with Crippen molar-refractivity contribution >= 4 is 17.5 Å². The molecule has 8 nitrogen and oxygen atoms in total. The zero-order valence-corrected chi connectivity index (χ0v) is 34.7. The molecule has 60 heavy (non-hydrogen) atoms. The van der Waals surface area contributed by atoms with Crippen LogP contribution in [0.25, 0.3) is 16.7 Å². The molecular formula is C52H56N2O6. The summed E-state index contributed by atoms with van der Waals surface area (Å²) in [5, 5.41) is 28.8. The lowest BCUT2D eigenvalue weighted by molar-refractivity contribution is -0.135. The first kappa shape index (κ1) is 39.1. The maximum absolute atomic E-state index is 15.0. The van der Waals surface area contributed by atoms with Gasteiger partial charge in [0.25, 0.3) is 0 Å². The number of allylic oxidation sites excluding steroid dienone is 6. The largest absolute Gasteiger partial charge is 0.508 e. The number of hydrogen-bond donors (Lipinski definition) is 4. The lowest BCUT2D eigenvalue weighted by Crippen LogP contribution is -2.58. The first-order chi connectivity index (χ1) is 29.3. The highest BCUT2D eigenvalue weighted by atomic mass is 16.5. The molecule has 7 atom stereocenters. The summed E-state index contributed by atoms with van der Waals surface area (Å²) in [6.45, 7) is 4.17. The molecule has 5 aliphatic carbocycles. The minimum absolute atomic E-state index is 0.0824. The molecule has 3 heterocycles. The van der Waals surface area contributed by atoms with E-state index in [0.717, 1.165) is 85.0 Å². The van der Waals surface area contributed by atoms with E-state index in [1.165, 1.54) is 5.56 Å². The number of aliphatic hydroxyl groups is 1. The van der Waals surface area contributed by atoms with Crippen LogP contribution in [0.5, 0.6) is 5.75 Å². The molecule has 6 bridgehead atoms. The van der Waals surface area contributed by atoms with Gasteiger partial charge in [-0.1, -0.05) is 73.7 Å². The Morgan fingerprint density at radius 2 is 1.77 bits per heavy atom. The van der Waals surface area contributed by atoms with Gasteiger partial charge in [0.2, 0.25) is 0 Å². The Labute approximate surface area is 353 Å². The zero-order chi connectivity index (χ0) is 41.2. The Balaban J connectivity index is 1.22. The van der Waals surface area contributed by atoms with Crippen LogP contribution in [0.15, 0.2) is 125 Å². The van der Waals surface area contributed by atoms with Crippen LogP contribution in [-0.4, -0.2) is 48.9 Å². The van der Waals surface area contributed by atoms with Crippen molar-refractivity contribution in [2.45, 2.75) is 70.8 Å². The van der Waals surface area contributed by atoms with E-state index in [1.54, 1.807) is 6.07 Å². The second-order valence-electron chi connectivity index (χ2n) is 18.3. The molecule has 3 aromatic carbocycles. The van der Waals surface area contributed by atoms with E-state index in [9.17, 15) is 15.0 Å². The number of nitrogens with one attached hydrogen (secondary N) is 2. The number of rotatable bonds is 9. The van der Waals surface area contributed by atoms with E-state index in [0.29, 0.717) is 47.8 Å². The topological polar surface area (TPSA) is 117 Å². The number of carbonyl (C=O) groups is 2. The number of esters is 2. The van der Waals surface area contributed by atoms with Gasteiger partial charge in [-0.25, -0.2) is 9.59 Å². The van der Waals surface area contributed by atoms with E-state index >= 15 is 4.79 Å². The summed E-state index contributed by atoms with van der Waals surface area (Å²) >= 11 is 0. The van der Waals surface area contributed by atoms with Crippen LogP contribution < -0.4 is 10.6 Å². The third kappa shape index (κ3) is 6.12. The summed E-state index contributed by atoms with van der Waals surface area (Å²) in [7, 11) is 1.98. The Kier molecular flexibility index (Phi) is 10.1. The fraction of sp³-hybridized carbons (Fsp3) is 0.423. The molecule has 310 valence electrons. The molecule has 7 unspecified atom stereocenters. The summed E-state index contributed by atoms with van der Waals surface area (Å²) in [6, 6.07) is 24.4. The maximum Gasteiger partial charge on any atom is 0.340 e. The number of phenolic OH excluding ortho intramolecular Hbond substituents is 1. The van der Waals surface area contributed by atoms with Crippen molar-refractivity contribution in [2.24, 2.45) is 40.4 Å². The number of hydrogen-bond acceptors (Lipinski definition) is 8. The first-order valence-electron chi connectivity index (χ1n) is 22.3. The van der Waals surface area contributed by atoms with Gasteiger partial charge in [0.05, 0.1) is 17.0 Å². The number of cyclic esters (lactones) is 2. The lowest BCUT2D eigenvalue weighted by atomic mass is 9.38. The number of benzene rings is 3. The van der Waals surface area contributed by atoms with E-state index in [-0.39, 0.29) is 48.1 Å². The molecule has 2 saturated heterocycles. The van der Waals surface area contributed by atoms with Crippen molar-refractivity contribution < 1.29 is 29.3 Å². The average Bonchev–Trinajstić information content (AvgIpc) is 3.75. The van der Waals surface area contributed by atoms with Crippen molar-refractivity contribution in [1.82, 2.24) is 10.6 Å². The lowest BCUT2D eigenvalue weighted by Gasteiger charge is -2.62. The first-order valence-corrected chi connectivity index (χ1v) is 22.3. The molecule has 3 aliphatic heterocycles. The minimum Gasteiger partial charge on any atom is -0.508 e. The van der Waals surface area contributed by atoms with Gasteiger partial charge in [0.15, 0.2) is 0 Å². The zero-order valence-electron chi connectivity index (χ0n) is 34.7. The Morgan fingerprint density at radius 3 is 2.55 bits per heavy atom. The monoisotopic (exact) mass is 804 g/mol. The van der Waals surface area contributed by atoms with Crippen molar-refractivity contribution in [3.63, 3.8) is 0 Å². The van der Waals surface area contributed by atoms with Gasteiger partial charge in [-0.15, -0.1) is 0 Å². The fourth-order valence-electron chi connectivity index (χ4n) is 12.6. The third-order valence-corrected chi connectivity index (χ3v) is 15.5. The van der Waals surface area contributed by atoms with E-state index in [2.05, 4.69) is 90.4 Å². The predicted molar refractivity (Wildman–Crippen MR) is 232 cm³/mol. The van der Waals surface area contributed by atoms with Crippen molar-refractivity contribution in [2.75, 3.05) is 26.7 Å². The summed E-state index contributed by atoms with van der Waals surface area (Å²) in [4.78, 5) is 29.8. The number of aromatic hydroxyl groups is 1. The molecule has 0 radical (unpaired) electrons. The molecule has 3 aromatic rings. The van der Waals surface area contributed by atoms with Gasteiger partial charge in [-0.05, 0) is 165 Å². The Bertz CT molecular complexity index is 2380. The molecule has 8 aliphatic rings. The number of carbonyl (C=O) groups excluding carboxylic acids is 2. The van der Waals surface area contributed by atoms with Gasteiger partial charge in [-0.3, -0.25) is 0 Å². The molecule has 8 heteroatoms. The van der Waals surface area contributed by atoms with Gasteiger partial charge in [0.1, 0.15) is 17.3 Å². The fourth-order valence-corrected chi connectivity index (χ4v) is 12.6. The van der Waals surface area contributed by atoms with Crippen molar-refractivity contribution in [3.8, 4) is 16.9 Å². The Morgan fingerprint density at radius 1 is 0.933 bits per heavy atom. The second-order valence-corrected chi connectivity index (χ2v) is 18.3. The third-order valence-electron chi connectivity index (χ3n) is 15.5. The molecule has 4 N–H and O–H groups in total. The van der Waals surface area contributed by atoms with E-state index in [1.807, 2.05) is 25.2 Å². The highest BCUT2D eigenvalue weighted by Crippen LogP contribution is 2.77. The minimum atomic E-state index is -0.946. The number of piperidine rings is 1. The summed E-state index contributed by atoms with van der Waals surface area (Å²) in [5.41, 5.74) is 6.79. The smallest absolute Gasteiger partial charge is 0.340 e. The normalized spacial score (nSPS) is 30.4. The standard InChI is InChI=1S/C52H56N2O6/c1-3-31(26-32-8-5-4-6-9-32)27-44-52-23-17-41-45(47(52)50(58)60-44)40-29-37(56)13-14-38(40)34-10-7-11-35(28-34)42(53-2)18-22-51(41)21-16-39-43(59-49(57)46(39)48(51)52)15-12-36(30-55)33-19-24-54-25-20-33/h4-11,13-15,18,22,27-29,31,33,36,41-42,48,53-56H,3,12,16-17,19-21,23-26,30H2,1-2H3. The predicted octanol–water partition coefficient (Wildman–Crippen LogP) is 8.89. The molecule has 0 amide bonds. The summed E-state index contributed by atoms with van der Waals surface area (Å²) in [5.74, 6) is 0.724. The molecule has 2 spiro atoms. The van der Waals surface area contributed by atoms with Crippen LogP contribution in [0.3, 0.4) is 0 Å². The number of likely N-dealkylation sites (N-methyl/N-ethyl adjacent to an activating group) is 1. The second kappa shape index (κ2) is 15.5. The van der Waals surface area contributed by atoms with Crippen LogP contribution >= 0.6 is 0 Å². The van der Waals surface area contributed by atoms with Crippen LogP contribution in [0.1, 0.15) is 81.0 Å². The molecule has 3 fully saturated rings. The van der Waals surface area contributed by atoms with E-state index in [4.69, 9.17) is 9.47 Å². The molecule has 11 rings (SSSR count). The maximum atomic E-state index is 15.0. The molecule has 0 aromatic heterocycles. The highest BCUT2D eigenvalue weighted by Gasteiger charge is 2.73. The summed E-state index contributed by atoms with van der Waals surface area (Å²) < 4.78 is 13.0. The highest BCUT2D eigenvalue weighted by molar-refractivity contribution is 6.08. The molecular weight excluding hydrogens is 749 g/mol. The van der Waals surface area contributed by atoms with E-state index < -0.39 is 16.7 Å². The number of aliphatic hydroxyl groups excluding tert-OH is 1. The van der Waals surface area contributed by atoms with Crippen LogP contribution in [-0.2, 0) is 25.5 Å². The van der Waals surface area contributed by atoms with Crippen LogP contribution in [0, 0.1) is 40.4 Å². The van der Waals surface area contributed by atoms with Gasteiger partial charge < -0.3 is 30.3 Å². The Hall–Kier alpha value is -5.02. The number of phenols is 1. The van der Waals surface area contributed by atoms with Crippen molar-refractivity contribution in [3.05, 3.63) is 142 Å². The van der Waals surface area contributed by atoms with Crippen molar-refractivity contribution in [1.29, 1.82) is 0 Å². The van der Waals surface area contributed by atoms with Gasteiger partial charge in [0, 0.05) is 29.1 Å². The van der Waals surface area contributed by atoms with Crippen LogP contribution in [0.4, 0.5) is 0 Å². The quantitative estimate of drug-likeness (QED) is 0.125. The SMILES string of the molecule is CCC(C=C1OC(=O)C2=C3c4cc(O)ccc4-c4cccc(c4)C(NC)C=CC45CCC6=C(C(=O)OC6=CCC(CO)C6CCNCC6)C4C12CCC35)Cc1ccccc1. The number of fused-ring (bicyclic) bond motifs is 5. The molecule has 1 saturated carbocycles. The average molecular weight is 805 g/mol. The van der Waals surface area contributed by atoms with Crippen LogP contribution in [0.2, 0.25) is 0 Å².